The number of nitrogens with zero attached hydrogens (tertiary/aromatic N) is 3. The molecule has 0 saturated heterocycles. The molecule has 0 atom stereocenters. The van der Waals surface area contributed by atoms with E-state index in [1.54, 1.807) is 6.20 Å². The molecular formula is C11H16N4O. The molecule has 16 heavy (non-hydrogen) atoms. The van der Waals surface area contributed by atoms with Crippen LogP contribution >= 0.6 is 0 Å². The van der Waals surface area contributed by atoms with Gasteiger partial charge in [-0.05, 0) is 12.8 Å². The first kappa shape index (κ1) is 12.2. The third kappa shape index (κ3) is 3.73. The third-order valence-corrected chi connectivity index (χ3v) is 2.11. The van der Waals surface area contributed by atoms with Crippen molar-refractivity contribution in [1.29, 1.82) is 5.26 Å². The molecule has 0 unspecified atom stereocenters. The van der Waals surface area contributed by atoms with Crippen molar-refractivity contribution < 1.29 is 0 Å². The number of hydrogen-bond donors (Lipinski definition) is 1. The van der Waals surface area contributed by atoms with Crippen LogP contribution in [0, 0.1) is 11.3 Å². The van der Waals surface area contributed by atoms with E-state index < -0.39 is 0 Å². The summed E-state index contributed by atoms with van der Waals surface area (Å²) in [6.07, 6.45) is 3.75. The molecule has 0 amide bonds. The van der Waals surface area contributed by atoms with Crippen LogP contribution in [0.5, 0.6) is 0 Å². The summed E-state index contributed by atoms with van der Waals surface area (Å²) in [6, 6.07) is 3.58. The van der Waals surface area contributed by atoms with Crippen LogP contribution in [0.2, 0.25) is 0 Å². The van der Waals surface area contributed by atoms with E-state index in [-0.39, 0.29) is 5.56 Å². The minimum atomic E-state index is -0.126. The maximum Gasteiger partial charge on any atom is 0.268 e. The van der Waals surface area contributed by atoms with E-state index >= 15 is 0 Å². The third-order valence-electron chi connectivity index (χ3n) is 2.11. The molecule has 0 aliphatic carbocycles. The van der Waals surface area contributed by atoms with E-state index in [0.29, 0.717) is 19.4 Å². The van der Waals surface area contributed by atoms with Crippen LogP contribution in [-0.2, 0) is 6.54 Å². The van der Waals surface area contributed by atoms with Gasteiger partial charge in [-0.1, -0.05) is 6.92 Å². The summed E-state index contributed by atoms with van der Waals surface area (Å²) < 4.78 is 1.38. The van der Waals surface area contributed by atoms with E-state index in [9.17, 15) is 4.79 Å². The Morgan fingerprint density at radius 1 is 1.62 bits per heavy atom. The molecule has 0 aliphatic heterocycles. The molecule has 0 bridgehead atoms. The van der Waals surface area contributed by atoms with Crippen LogP contribution < -0.4 is 10.9 Å². The molecule has 86 valence electrons. The van der Waals surface area contributed by atoms with Crippen molar-refractivity contribution in [3.63, 3.8) is 0 Å². The number of anilines is 1. The number of hydrogen-bond acceptors (Lipinski definition) is 4. The fourth-order valence-electron chi connectivity index (χ4n) is 1.28. The lowest BCUT2D eigenvalue weighted by molar-refractivity contribution is 0.554. The summed E-state index contributed by atoms with van der Waals surface area (Å²) >= 11 is 0. The first-order chi connectivity index (χ1) is 7.77. The molecular weight excluding hydrogens is 204 g/mol. The van der Waals surface area contributed by atoms with E-state index in [2.05, 4.69) is 17.3 Å². The van der Waals surface area contributed by atoms with Crippen LogP contribution in [0.15, 0.2) is 17.1 Å². The molecule has 0 spiro atoms. The fraction of sp³-hybridized carbons (Fsp3) is 0.545. The number of aromatic nitrogens is 2. The summed E-state index contributed by atoms with van der Waals surface area (Å²) in [5.41, 5.74) is 0.627. The second-order valence-corrected chi connectivity index (χ2v) is 3.49. The molecule has 0 fully saturated rings. The average Bonchev–Trinajstić information content (AvgIpc) is 2.29. The van der Waals surface area contributed by atoms with Gasteiger partial charge in [0.15, 0.2) is 0 Å². The predicted octanol–water partition coefficient (Wildman–Crippen LogP) is 1.37. The topological polar surface area (TPSA) is 70.7 Å². The van der Waals surface area contributed by atoms with Crippen LogP contribution in [0.3, 0.4) is 0 Å². The number of nitrogens with one attached hydrogen (secondary N) is 1. The number of unbranched alkanes of at least 4 members (excludes halogenated alkanes) is 1. The van der Waals surface area contributed by atoms with Crippen LogP contribution in [0.25, 0.3) is 0 Å². The smallest absolute Gasteiger partial charge is 0.268 e. The largest absolute Gasteiger partial charge is 0.384 e. The van der Waals surface area contributed by atoms with Gasteiger partial charge in [-0.3, -0.25) is 4.79 Å². The van der Waals surface area contributed by atoms with Gasteiger partial charge in [0.25, 0.3) is 5.56 Å². The number of aryl methyl sites for hydroxylation is 1. The molecule has 1 heterocycles. The Morgan fingerprint density at radius 3 is 3.06 bits per heavy atom. The van der Waals surface area contributed by atoms with Crippen LogP contribution in [-0.4, -0.2) is 16.3 Å². The van der Waals surface area contributed by atoms with Crippen LogP contribution in [0.4, 0.5) is 5.69 Å². The quantitative estimate of drug-likeness (QED) is 0.735. The first-order valence-corrected chi connectivity index (χ1v) is 5.46. The maximum absolute atomic E-state index is 11.6. The standard InChI is InChI=1S/C11H16N4O/c1-2-6-13-10-8-11(16)15(14-9-10)7-4-3-5-12/h8-9,13H,2-4,6-7H2,1H3. The average molecular weight is 220 g/mol. The zero-order chi connectivity index (χ0) is 11.8. The monoisotopic (exact) mass is 220 g/mol. The van der Waals surface area contributed by atoms with Gasteiger partial charge >= 0.3 is 0 Å². The minimum absolute atomic E-state index is 0.126. The Hall–Kier alpha value is -1.83. The SMILES string of the molecule is CCCNc1cnn(CCCC#N)c(=O)c1. The zero-order valence-corrected chi connectivity index (χ0v) is 9.44. The van der Waals surface area contributed by atoms with Gasteiger partial charge in [-0.2, -0.15) is 10.4 Å². The maximum atomic E-state index is 11.6. The summed E-state index contributed by atoms with van der Waals surface area (Å²) in [6.45, 7) is 3.39. The van der Waals surface area contributed by atoms with E-state index in [1.165, 1.54) is 10.7 Å². The lowest BCUT2D eigenvalue weighted by Crippen LogP contribution is -2.22. The van der Waals surface area contributed by atoms with E-state index in [1.807, 2.05) is 6.07 Å². The number of nitriles is 1. The van der Waals surface area contributed by atoms with Gasteiger partial charge in [0, 0.05) is 25.6 Å². The summed E-state index contributed by atoms with van der Waals surface area (Å²) in [4.78, 5) is 11.6. The summed E-state index contributed by atoms with van der Waals surface area (Å²) in [7, 11) is 0. The summed E-state index contributed by atoms with van der Waals surface area (Å²) in [5, 5.41) is 15.5. The molecule has 0 radical (unpaired) electrons. The Balaban J connectivity index is 2.61. The molecule has 1 aromatic rings. The molecule has 1 N–H and O–H groups in total. The van der Waals surface area contributed by atoms with Crippen molar-refractivity contribution in [2.24, 2.45) is 0 Å². The van der Waals surface area contributed by atoms with Gasteiger partial charge in [0.1, 0.15) is 0 Å². The van der Waals surface area contributed by atoms with E-state index in [0.717, 1.165) is 18.7 Å². The predicted molar refractivity (Wildman–Crippen MR) is 62.1 cm³/mol. The molecule has 0 aliphatic rings. The molecule has 1 rings (SSSR count). The van der Waals surface area contributed by atoms with Crippen molar-refractivity contribution in [3.8, 4) is 6.07 Å². The Bertz CT molecular complexity index is 419. The molecule has 1 aromatic heterocycles. The first-order valence-electron chi connectivity index (χ1n) is 5.46. The molecule has 0 aromatic carbocycles. The highest BCUT2D eigenvalue weighted by Crippen LogP contribution is 2.00. The Labute approximate surface area is 94.7 Å². The number of rotatable bonds is 6. The van der Waals surface area contributed by atoms with Crippen molar-refractivity contribution in [2.45, 2.75) is 32.7 Å². The van der Waals surface area contributed by atoms with Crippen molar-refractivity contribution in [1.82, 2.24) is 9.78 Å². The van der Waals surface area contributed by atoms with Crippen molar-refractivity contribution >= 4 is 5.69 Å². The Morgan fingerprint density at radius 2 is 2.44 bits per heavy atom. The summed E-state index contributed by atoms with van der Waals surface area (Å²) in [5.74, 6) is 0. The normalized spacial score (nSPS) is 9.75. The minimum Gasteiger partial charge on any atom is -0.384 e. The second kappa shape index (κ2) is 6.62. The van der Waals surface area contributed by atoms with E-state index in [4.69, 9.17) is 5.26 Å². The van der Waals surface area contributed by atoms with Gasteiger partial charge in [0.05, 0.1) is 18.0 Å². The second-order valence-electron chi connectivity index (χ2n) is 3.49. The van der Waals surface area contributed by atoms with Gasteiger partial charge in [-0.15, -0.1) is 0 Å². The molecule has 5 nitrogen and oxygen atoms in total. The highest BCUT2D eigenvalue weighted by molar-refractivity contribution is 5.38. The zero-order valence-electron chi connectivity index (χ0n) is 9.44. The van der Waals surface area contributed by atoms with Gasteiger partial charge in [0.2, 0.25) is 0 Å². The van der Waals surface area contributed by atoms with Crippen molar-refractivity contribution in [3.05, 3.63) is 22.6 Å². The van der Waals surface area contributed by atoms with Gasteiger partial charge < -0.3 is 5.32 Å². The molecule has 5 heteroatoms. The highest BCUT2D eigenvalue weighted by Gasteiger charge is 1.99. The highest BCUT2D eigenvalue weighted by atomic mass is 16.1. The molecule has 0 saturated carbocycles. The van der Waals surface area contributed by atoms with Crippen LogP contribution in [0.1, 0.15) is 26.2 Å². The lowest BCUT2D eigenvalue weighted by Gasteiger charge is -2.06. The fourth-order valence-corrected chi connectivity index (χ4v) is 1.28. The van der Waals surface area contributed by atoms with Crippen molar-refractivity contribution in [2.75, 3.05) is 11.9 Å². The van der Waals surface area contributed by atoms with Gasteiger partial charge in [-0.25, -0.2) is 4.68 Å². The Kier molecular flexibility index (Phi) is 5.06. The lowest BCUT2D eigenvalue weighted by atomic mass is 10.3.